The van der Waals surface area contributed by atoms with Crippen LogP contribution in [-0.2, 0) is 4.74 Å². The second-order valence-electron chi connectivity index (χ2n) is 4.65. The van der Waals surface area contributed by atoms with E-state index in [-0.39, 0.29) is 0 Å². The first-order valence-corrected chi connectivity index (χ1v) is 7.28. The van der Waals surface area contributed by atoms with Crippen LogP contribution in [0.4, 0.5) is 0 Å². The molecule has 0 fully saturated rings. The molecule has 0 aromatic heterocycles. The SMILES string of the molecule is [CH2]CCCCOCCCCCCCCCC. The number of ether oxygens (including phenoxy) is 1. The number of rotatable bonds is 13. The fourth-order valence-corrected chi connectivity index (χ4v) is 1.82. The fourth-order valence-electron chi connectivity index (χ4n) is 1.82. The van der Waals surface area contributed by atoms with E-state index in [2.05, 4.69) is 13.8 Å². The molecule has 0 aromatic rings. The molecular formula is C15H31O. The summed E-state index contributed by atoms with van der Waals surface area (Å²) in [5.41, 5.74) is 0. The van der Waals surface area contributed by atoms with Crippen LogP contribution in [0, 0.1) is 6.92 Å². The predicted octanol–water partition coefficient (Wildman–Crippen LogP) is 5.15. The van der Waals surface area contributed by atoms with Gasteiger partial charge >= 0.3 is 0 Å². The first-order chi connectivity index (χ1) is 7.91. The van der Waals surface area contributed by atoms with Crippen molar-refractivity contribution >= 4 is 0 Å². The van der Waals surface area contributed by atoms with Gasteiger partial charge in [0.1, 0.15) is 0 Å². The van der Waals surface area contributed by atoms with Gasteiger partial charge in [-0.3, -0.25) is 0 Å². The van der Waals surface area contributed by atoms with Gasteiger partial charge in [0.05, 0.1) is 0 Å². The van der Waals surface area contributed by atoms with Crippen LogP contribution in [0.25, 0.3) is 0 Å². The van der Waals surface area contributed by atoms with Crippen molar-refractivity contribution in [1.82, 2.24) is 0 Å². The third kappa shape index (κ3) is 14.0. The Morgan fingerprint density at radius 1 is 0.688 bits per heavy atom. The van der Waals surface area contributed by atoms with Crippen molar-refractivity contribution in [2.75, 3.05) is 13.2 Å². The predicted molar refractivity (Wildman–Crippen MR) is 72.6 cm³/mol. The lowest BCUT2D eigenvalue weighted by Gasteiger charge is -2.03. The molecule has 0 rings (SSSR count). The standard InChI is InChI=1S/C15H31O/c1-3-5-7-8-9-10-11-13-15-16-14-12-6-4-2/h2-15H2,1H3. The number of hydrogen-bond acceptors (Lipinski definition) is 1. The minimum Gasteiger partial charge on any atom is -0.381 e. The quantitative estimate of drug-likeness (QED) is 0.395. The second-order valence-corrected chi connectivity index (χ2v) is 4.65. The molecule has 0 unspecified atom stereocenters. The van der Waals surface area contributed by atoms with Crippen LogP contribution in [-0.4, -0.2) is 13.2 Å². The van der Waals surface area contributed by atoms with Gasteiger partial charge in [0.2, 0.25) is 0 Å². The Morgan fingerprint density at radius 3 is 1.75 bits per heavy atom. The van der Waals surface area contributed by atoms with Gasteiger partial charge in [0.25, 0.3) is 0 Å². The monoisotopic (exact) mass is 227 g/mol. The van der Waals surface area contributed by atoms with Crippen LogP contribution < -0.4 is 0 Å². The molecule has 1 nitrogen and oxygen atoms in total. The van der Waals surface area contributed by atoms with Crippen molar-refractivity contribution in [3.8, 4) is 0 Å². The molecule has 16 heavy (non-hydrogen) atoms. The zero-order valence-electron chi connectivity index (χ0n) is 11.3. The molecule has 0 saturated heterocycles. The van der Waals surface area contributed by atoms with Gasteiger partial charge in [0, 0.05) is 13.2 Å². The van der Waals surface area contributed by atoms with E-state index in [1.165, 1.54) is 64.2 Å². The lowest BCUT2D eigenvalue weighted by atomic mass is 10.1. The zero-order valence-corrected chi connectivity index (χ0v) is 11.3. The third-order valence-corrected chi connectivity index (χ3v) is 2.93. The number of hydrogen-bond donors (Lipinski definition) is 0. The molecule has 0 aliphatic heterocycles. The Kier molecular flexibility index (Phi) is 14.9. The van der Waals surface area contributed by atoms with E-state index in [9.17, 15) is 0 Å². The highest BCUT2D eigenvalue weighted by atomic mass is 16.5. The van der Waals surface area contributed by atoms with E-state index in [1.54, 1.807) is 0 Å². The maximum absolute atomic E-state index is 5.55. The Balaban J connectivity index is 2.83. The Labute approximate surface area is 103 Å². The summed E-state index contributed by atoms with van der Waals surface area (Å²) in [4.78, 5) is 0. The van der Waals surface area contributed by atoms with E-state index in [0.29, 0.717) is 0 Å². The summed E-state index contributed by atoms with van der Waals surface area (Å²) in [7, 11) is 0. The average Bonchev–Trinajstić information content (AvgIpc) is 2.31. The largest absolute Gasteiger partial charge is 0.381 e. The summed E-state index contributed by atoms with van der Waals surface area (Å²) < 4.78 is 5.55. The molecule has 1 radical (unpaired) electrons. The Morgan fingerprint density at radius 2 is 1.19 bits per heavy atom. The van der Waals surface area contributed by atoms with Crippen LogP contribution in [0.3, 0.4) is 0 Å². The molecule has 0 aromatic carbocycles. The fraction of sp³-hybridized carbons (Fsp3) is 0.933. The third-order valence-electron chi connectivity index (χ3n) is 2.93. The van der Waals surface area contributed by atoms with Crippen LogP contribution in [0.5, 0.6) is 0 Å². The molecule has 0 atom stereocenters. The van der Waals surface area contributed by atoms with Crippen LogP contribution in [0.15, 0.2) is 0 Å². The molecular weight excluding hydrogens is 196 g/mol. The van der Waals surface area contributed by atoms with E-state index in [1.807, 2.05) is 0 Å². The van der Waals surface area contributed by atoms with Crippen LogP contribution in [0.2, 0.25) is 0 Å². The van der Waals surface area contributed by atoms with Crippen LogP contribution >= 0.6 is 0 Å². The lowest BCUT2D eigenvalue weighted by Crippen LogP contribution is -1.96. The lowest BCUT2D eigenvalue weighted by molar-refractivity contribution is 0.126. The van der Waals surface area contributed by atoms with E-state index in [4.69, 9.17) is 4.74 Å². The van der Waals surface area contributed by atoms with Crippen molar-refractivity contribution < 1.29 is 4.74 Å². The summed E-state index contributed by atoms with van der Waals surface area (Å²) in [5, 5.41) is 0. The summed E-state index contributed by atoms with van der Waals surface area (Å²) in [6, 6.07) is 0. The smallest absolute Gasteiger partial charge is 0.0466 e. The molecule has 0 N–H and O–H groups in total. The van der Waals surface area contributed by atoms with Gasteiger partial charge in [-0.2, -0.15) is 0 Å². The van der Waals surface area contributed by atoms with Gasteiger partial charge in [-0.05, 0) is 12.8 Å². The minimum absolute atomic E-state index is 0.937. The molecule has 0 amide bonds. The molecule has 0 spiro atoms. The van der Waals surface area contributed by atoms with Gasteiger partial charge in [-0.1, -0.05) is 71.6 Å². The van der Waals surface area contributed by atoms with E-state index >= 15 is 0 Å². The maximum atomic E-state index is 5.55. The minimum atomic E-state index is 0.937. The summed E-state index contributed by atoms with van der Waals surface area (Å²) in [6.45, 7) is 7.99. The molecule has 97 valence electrons. The summed E-state index contributed by atoms with van der Waals surface area (Å²) >= 11 is 0. The average molecular weight is 227 g/mol. The van der Waals surface area contributed by atoms with E-state index < -0.39 is 0 Å². The summed E-state index contributed by atoms with van der Waals surface area (Å²) in [5.74, 6) is 0. The molecule has 0 aliphatic rings. The highest BCUT2D eigenvalue weighted by Crippen LogP contribution is 2.08. The molecule has 0 bridgehead atoms. The first-order valence-electron chi connectivity index (χ1n) is 7.28. The molecule has 0 heterocycles. The van der Waals surface area contributed by atoms with Crippen LogP contribution in [0.1, 0.15) is 77.6 Å². The van der Waals surface area contributed by atoms with Gasteiger partial charge < -0.3 is 4.74 Å². The topological polar surface area (TPSA) is 9.23 Å². The molecule has 0 saturated carbocycles. The Hall–Kier alpha value is -0.0400. The highest BCUT2D eigenvalue weighted by Gasteiger charge is 1.92. The number of unbranched alkanes of at least 4 members (excludes halogenated alkanes) is 9. The van der Waals surface area contributed by atoms with Crippen molar-refractivity contribution in [2.45, 2.75) is 77.6 Å². The highest BCUT2D eigenvalue weighted by molar-refractivity contribution is 4.46. The molecule has 1 heteroatoms. The van der Waals surface area contributed by atoms with Crippen molar-refractivity contribution in [1.29, 1.82) is 0 Å². The normalized spacial score (nSPS) is 10.9. The molecule has 0 aliphatic carbocycles. The maximum Gasteiger partial charge on any atom is 0.0466 e. The van der Waals surface area contributed by atoms with Crippen molar-refractivity contribution in [2.24, 2.45) is 0 Å². The second kappa shape index (κ2) is 15.0. The Bertz CT molecular complexity index is 98.0. The van der Waals surface area contributed by atoms with Crippen molar-refractivity contribution in [3.63, 3.8) is 0 Å². The van der Waals surface area contributed by atoms with Gasteiger partial charge in [0.15, 0.2) is 0 Å². The summed E-state index contributed by atoms with van der Waals surface area (Å²) in [6.07, 6.45) is 14.5. The van der Waals surface area contributed by atoms with Gasteiger partial charge in [-0.25, -0.2) is 0 Å². The van der Waals surface area contributed by atoms with E-state index in [0.717, 1.165) is 19.6 Å². The zero-order chi connectivity index (χ0) is 11.9. The first kappa shape index (κ1) is 16.0. The van der Waals surface area contributed by atoms with Gasteiger partial charge in [-0.15, -0.1) is 0 Å². The van der Waals surface area contributed by atoms with Crippen molar-refractivity contribution in [3.05, 3.63) is 6.92 Å².